The van der Waals surface area contributed by atoms with Crippen LogP contribution in [0.4, 0.5) is 0 Å². The maximum Gasteiger partial charge on any atom is 0.236 e. The summed E-state index contributed by atoms with van der Waals surface area (Å²) in [4.78, 5) is 16.4. The van der Waals surface area contributed by atoms with Crippen LogP contribution in [0.25, 0.3) is 0 Å². The lowest BCUT2D eigenvalue weighted by Gasteiger charge is -2.35. The van der Waals surface area contributed by atoms with Crippen LogP contribution in [-0.4, -0.2) is 66.8 Å². The molecule has 0 spiro atoms. The quantitative estimate of drug-likeness (QED) is 0.909. The summed E-state index contributed by atoms with van der Waals surface area (Å²) in [5.41, 5.74) is 0.996. The number of aliphatic hydroxyl groups excluding tert-OH is 1. The molecule has 126 valence electrons. The van der Waals surface area contributed by atoms with E-state index in [9.17, 15) is 9.90 Å². The number of carbonyl (C=O) groups is 1. The van der Waals surface area contributed by atoms with E-state index in [1.165, 1.54) is 0 Å². The summed E-state index contributed by atoms with van der Waals surface area (Å²) in [6.07, 6.45) is 1.48. The van der Waals surface area contributed by atoms with Gasteiger partial charge in [0.05, 0.1) is 25.9 Å². The number of hydrogen-bond acceptors (Lipinski definition) is 4. The summed E-state index contributed by atoms with van der Waals surface area (Å²) in [6, 6.07) is 9.87. The van der Waals surface area contributed by atoms with Gasteiger partial charge in [-0.05, 0) is 37.4 Å². The molecule has 0 aromatic heterocycles. The topological polar surface area (TPSA) is 53.0 Å². The molecule has 1 unspecified atom stereocenters. The van der Waals surface area contributed by atoms with Crippen LogP contribution in [0.2, 0.25) is 0 Å². The Morgan fingerprint density at radius 1 is 1.13 bits per heavy atom. The monoisotopic (exact) mass is 318 g/mol. The van der Waals surface area contributed by atoms with E-state index < -0.39 is 6.10 Å². The van der Waals surface area contributed by atoms with Crippen molar-refractivity contribution in [2.75, 3.05) is 45.9 Å². The first kappa shape index (κ1) is 16.4. The van der Waals surface area contributed by atoms with Crippen molar-refractivity contribution in [2.45, 2.75) is 18.9 Å². The van der Waals surface area contributed by atoms with Crippen LogP contribution < -0.4 is 0 Å². The Morgan fingerprint density at radius 2 is 1.78 bits per heavy atom. The van der Waals surface area contributed by atoms with Crippen molar-refractivity contribution < 1.29 is 14.6 Å². The molecule has 23 heavy (non-hydrogen) atoms. The van der Waals surface area contributed by atoms with Gasteiger partial charge in [-0.2, -0.15) is 0 Å². The van der Waals surface area contributed by atoms with Gasteiger partial charge >= 0.3 is 0 Å². The fourth-order valence-electron chi connectivity index (χ4n) is 3.45. The van der Waals surface area contributed by atoms with Gasteiger partial charge in [0.2, 0.25) is 5.91 Å². The van der Waals surface area contributed by atoms with Gasteiger partial charge in [0, 0.05) is 13.1 Å². The lowest BCUT2D eigenvalue weighted by Crippen LogP contribution is -2.47. The van der Waals surface area contributed by atoms with E-state index >= 15 is 0 Å². The Balaban J connectivity index is 1.45. The summed E-state index contributed by atoms with van der Waals surface area (Å²) in [5.74, 6) is 0.488. The number of morpholine rings is 1. The second-order valence-electron chi connectivity index (χ2n) is 6.46. The predicted octanol–water partition coefficient (Wildman–Crippen LogP) is 1.29. The minimum absolute atomic E-state index is 0.204. The lowest BCUT2D eigenvalue weighted by molar-refractivity contribution is -0.136. The Kier molecular flexibility index (Phi) is 5.65. The number of ether oxygens (including phenoxy) is 1. The lowest BCUT2D eigenvalue weighted by atomic mass is 9.87. The summed E-state index contributed by atoms with van der Waals surface area (Å²) < 4.78 is 5.29. The second kappa shape index (κ2) is 7.90. The van der Waals surface area contributed by atoms with Gasteiger partial charge in [0.25, 0.3) is 0 Å². The molecule has 2 aliphatic heterocycles. The Bertz CT molecular complexity index is 494. The summed E-state index contributed by atoms with van der Waals surface area (Å²) in [5, 5.41) is 10.5. The van der Waals surface area contributed by atoms with E-state index in [2.05, 4.69) is 4.90 Å². The number of benzene rings is 1. The highest BCUT2D eigenvalue weighted by Crippen LogP contribution is 2.30. The highest BCUT2D eigenvalue weighted by atomic mass is 16.5. The molecule has 0 saturated carbocycles. The number of carbonyl (C=O) groups excluding carboxylic acids is 1. The van der Waals surface area contributed by atoms with Gasteiger partial charge in [-0.3, -0.25) is 9.69 Å². The Hall–Kier alpha value is -1.43. The van der Waals surface area contributed by atoms with Crippen molar-refractivity contribution in [3.05, 3.63) is 35.9 Å². The van der Waals surface area contributed by atoms with E-state index in [0.29, 0.717) is 32.8 Å². The first-order valence-electron chi connectivity index (χ1n) is 8.55. The summed E-state index contributed by atoms with van der Waals surface area (Å²) in [7, 11) is 0. The molecule has 3 rings (SSSR count). The van der Waals surface area contributed by atoms with Crippen LogP contribution in [0.15, 0.2) is 30.3 Å². The molecule has 5 nitrogen and oxygen atoms in total. The molecule has 1 atom stereocenters. The van der Waals surface area contributed by atoms with E-state index in [4.69, 9.17) is 4.74 Å². The maximum absolute atomic E-state index is 12.3. The molecule has 1 aromatic rings. The Morgan fingerprint density at radius 3 is 2.43 bits per heavy atom. The van der Waals surface area contributed by atoms with E-state index in [1.807, 2.05) is 35.2 Å². The van der Waals surface area contributed by atoms with E-state index in [1.54, 1.807) is 0 Å². The minimum atomic E-state index is -0.395. The molecule has 2 heterocycles. The Labute approximate surface area is 137 Å². The van der Waals surface area contributed by atoms with Crippen LogP contribution in [0.3, 0.4) is 0 Å². The predicted molar refractivity (Wildman–Crippen MR) is 88.0 cm³/mol. The van der Waals surface area contributed by atoms with Crippen molar-refractivity contribution in [3.8, 4) is 0 Å². The molecule has 0 radical (unpaired) electrons. The molecule has 5 heteroatoms. The number of aliphatic hydroxyl groups is 1. The van der Waals surface area contributed by atoms with Crippen molar-refractivity contribution in [1.82, 2.24) is 9.80 Å². The van der Waals surface area contributed by atoms with Crippen LogP contribution in [0.1, 0.15) is 24.5 Å². The average molecular weight is 318 g/mol. The van der Waals surface area contributed by atoms with Gasteiger partial charge in [0.1, 0.15) is 0 Å². The maximum atomic E-state index is 12.3. The second-order valence-corrected chi connectivity index (χ2v) is 6.46. The third-order valence-corrected chi connectivity index (χ3v) is 4.94. The fraction of sp³-hybridized carbons (Fsp3) is 0.611. The third kappa shape index (κ3) is 4.31. The molecular formula is C18H26N2O3. The first-order valence-corrected chi connectivity index (χ1v) is 8.55. The molecule has 0 bridgehead atoms. The number of piperidine rings is 1. The number of hydrogen-bond donors (Lipinski definition) is 1. The molecule has 1 aromatic carbocycles. The van der Waals surface area contributed by atoms with Crippen molar-refractivity contribution >= 4 is 5.91 Å². The van der Waals surface area contributed by atoms with Crippen molar-refractivity contribution in [2.24, 2.45) is 5.92 Å². The number of rotatable bonds is 4. The zero-order valence-corrected chi connectivity index (χ0v) is 13.6. The third-order valence-electron chi connectivity index (χ3n) is 4.94. The number of amides is 1. The zero-order valence-electron chi connectivity index (χ0n) is 13.6. The van der Waals surface area contributed by atoms with Crippen LogP contribution in [0, 0.1) is 5.92 Å². The van der Waals surface area contributed by atoms with Crippen LogP contribution >= 0.6 is 0 Å². The van der Waals surface area contributed by atoms with Gasteiger partial charge in [0.15, 0.2) is 0 Å². The SMILES string of the molecule is O=C(CN1CCC(C(O)c2ccccc2)CC1)N1CCOCC1. The highest BCUT2D eigenvalue weighted by molar-refractivity contribution is 5.78. The average Bonchev–Trinajstić information content (AvgIpc) is 2.63. The highest BCUT2D eigenvalue weighted by Gasteiger charge is 2.28. The summed E-state index contributed by atoms with van der Waals surface area (Å²) in [6.45, 7) is 4.97. The first-order chi connectivity index (χ1) is 11.2. The largest absolute Gasteiger partial charge is 0.388 e. The molecule has 0 aliphatic carbocycles. The summed E-state index contributed by atoms with van der Waals surface area (Å²) >= 11 is 0. The fourth-order valence-corrected chi connectivity index (χ4v) is 3.45. The molecule has 2 fully saturated rings. The molecule has 1 N–H and O–H groups in total. The normalized spacial score (nSPS) is 22.0. The van der Waals surface area contributed by atoms with Crippen LogP contribution in [-0.2, 0) is 9.53 Å². The van der Waals surface area contributed by atoms with Crippen molar-refractivity contribution in [1.29, 1.82) is 0 Å². The number of likely N-dealkylation sites (tertiary alicyclic amines) is 1. The smallest absolute Gasteiger partial charge is 0.236 e. The van der Waals surface area contributed by atoms with E-state index in [-0.39, 0.29) is 11.8 Å². The van der Waals surface area contributed by atoms with Gasteiger partial charge in [-0.1, -0.05) is 30.3 Å². The van der Waals surface area contributed by atoms with Gasteiger partial charge < -0.3 is 14.7 Å². The van der Waals surface area contributed by atoms with E-state index in [0.717, 1.165) is 31.5 Å². The van der Waals surface area contributed by atoms with Crippen molar-refractivity contribution in [3.63, 3.8) is 0 Å². The minimum Gasteiger partial charge on any atom is -0.388 e. The molecule has 2 aliphatic rings. The number of nitrogens with zero attached hydrogens (tertiary/aromatic N) is 2. The zero-order chi connectivity index (χ0) is 16.1. The molecular weight excluding hydrogens is 292 g/mol. The van der Waals surface area contributed by atoms with Crippen LogP contribution in [0.5, 0.6) is 0 Å². The van der Waals surface area contributed by atoms with Gasteiger partial charge in [-0.25, -0.2) is 0 Å². The molecule has 1 amide bonds. The standard InChI is InChI=1S/C18H26N2O3/c21-17(20-10-12-23-13-11-20)14-19-8-6-16(7-9-19)18(22)15-4-2-1-3-5-15/h1-5,16,18,22H,6-14H2. The molecule has 2 saturated heterocycles. The van der Waals surface area contributed by atoms with Gasteiger partial charge in [-0.15, -0.1) is 0 Å².